The predicted octanol–water partition coefficient (Wildman–Crippen LogP) is 1.95. The summed E-state index contributed by atoms with van der Waals surface area (Å²) in [4.78, 5) is 0. The van der Waals surface area contributed by atoms with E-state index < -0.39 is 0 Å². The van der Waals surface area contributed by atoms with E-state index in [-0.39, 0.29) is 5.90 Å². The molecule has 3 nitrogen and oxygen atoms in total. The van der Waals surface area contributed by atoms with E-state index in [0.29, 0.717) is 6.61 Å². The third-order valence-electron chi connectivity index (χ3n) is 1.39. The van der Waals surface area contributed by atoms with Crippen LogP contribution in [-0.4, -0.2) is 12.5 Å². The van der Waals surface area contributed by atoms with Gasteiger partial charge in [-0.1, -0.05) is 0 Å². The van der Waals surface area contributed by atoms with Crippen LogP contribution in [0.2, 0.25) is 0 Å². The van der Waals surface area contributed by atoms with Crippen molar-refractivity contribution in [2.45, 2.75) is 13.8 Å². The minimum absolute atomic E-state index is 0.179. The number of hydrogen-bond donors (Lipinski definition) is 1. The monoisotopic (exact) mass is 153 g/mol. The fourth-order valence-corrected chi connectivity index (χ4v) is 0.843. The third kappa shape index (κ3) is 1.61. The summed E-state index contributed by atoms with van der Waals surface area (Å²) in [5, 5.41) is 7.40. The molecule has 1 aromatic rings. The average molecular weight is 153 g/mol. The molecule has 0 bridgehead atoms. The van der Waals surface area contributed by atoms with Crippen LogP contribution in [0.3, 0.4) is 0 Å². The lowest BCUT2D eigenvalue weighted by Crippen LogP contribution is -2.04. The van der Waals surface area contributed by atoms with Crippen LogP contribution in [0.4, 0.5) is 0 Å². The summed E-state index contributed by atoms with van der Waals surface area (Å²) >= 11 is 0. The molecule has 0 unspecified atom stereocenters. The summed E-state index contributed by atoms with van der Waals surface area (Å²) in [5.74, 6) is 0.905. The first-order chi connectivity index (χ1) is 5.25. The number of rotatable bonds is 2. The molecule has 0 saturated carbocycles. The first kappa shape index (κ1) is 7.85. The maximum atomic E-state index is 7.40. The Morgan fingerprint density at radius 1 is 1.73 bits per heavy atom. The molecule has 0 spiro atoms. The molecular formula is C8H11NO2. The van der Waals surface area contributed by atoms with Crippen LogP contribution in [0, 0.1) is 12.3 Å². The lowest BCUT2D eigenvalue weighted by atomic mass is 10.2. The van der Waals surface area contributed by atoms with Crippen LogP contribution in [-0.2, 0) is 4.74 Å². The molecule has 0 aromatic carbocycles. The number of nitrogens with one attached hydrogen (secondary N) is 1. The van der Waals surface area contributed by atoms with Crippen LogP contribution in [0.5, 0.6) is 0 Å². The Balaban J connectivity index is 2.76. The van der Waals surface area contributed by atoms with Crippen LogP contribution in [0.25, 0.3) is 0 Å². The zero-order chi connectivity index (χ0) is 8.27. The average Bonchev–Trinajstić information content (AvgIpc) is 2.36. The largest absolute Gasteiger partial charge is 0.478 e. The summed E-state index contributed by atoms with van der Waals surface area (Å²) in [6, 6.07) is 1.73. The second-order valence-corrected chi connectivity index (χ2v) is 2.15. The molecule has 1 rings (SSSR count). The van der Waals surface area contributed by atoms with Gasteiger partial charge in [0.1, 0.15) is 5.76 Å². The minimum Gasteiger partial charge on any atom is -0.478 e. The van der Waals surface area contributed by atoms with E-state index in [9.17, 15) is 0 Å². The smallest absolute Gasteiger partial charge is 0.216 e. The Morgan fingerprint density at radius 2 is 2.45 bits per heavy atom. The Hall–Kier alpha value is -1.25. The fraction of sp³-hybridized carbons (Fsp3) is 0.375. The fourth-order valence-electron chi connectivity index (χ4n) is 0.843. The van der Waals surface area contributed by atoms with Crippen molar-refractivity contribution in [1.82, 2.24) is 0 Å². The van der Waals surface area contributed by atoms with E-state index in [1.54, 1.807) is 12.3 Å². The summed E-state index contributed by atoms with van der Waals surface area (Å²) in [5.41, 5.74) is 0.729. The van der Waals surface area contributed by atoms with Crippen molar-refractivity contribution >= 4 is 5.90 Å². The van der Waals surface area contributed by atoms with E-state index in [0.717, 1.165) is 11.3 Å². The first-order valence-corrected chi connectivity index (χ1v) is 3.51. The van der Waals surface area contributed by atoms with Crippen molar-refractivity contribution < 1.29 is 9.15 Å². The lowest BCUT2D eigenvalue weighted by Gasteiger charge is -2.01. The molecule has 0 saturated heterocycles. The Labute approximate surface area is 65.5 Å². The van der Waals surface area contributed by atoms with Crippen molar-refractivity contribution in [3.8, 4) is 0 Å². The van der Waals surface area contributed by atoms with Crippen molar-refractivity contribution in [1.29, 1.82) is 5.41 Å². The van der Waals surface area contributed by atoms with Gasteiger partial charge in [-0.25, -0.2) is 0 Å². The summed E-state index contributed by atoms with van der Waals surface area (Å²) in [6.07, 6.45) is 1.55. The molecule has 0 aliphatic carbocycles. The van der Waals surface area contributed by atoms with Crippen molar-refractivity contribution in [2.75, 3.05) is 6.61 Å². The topological polar surface area (TPSA) is 46.2 Å². The van der Waals surface area contributed by atoms with Crippen LogP contribution in [0.15, 0.2) is 16.7 Å². The van der Waals surface area contributed by atoms with Gasteiger partial charge in [-0.05, 0) is 19.9 Å². The van der Waals surface area contributed by atoms with Crippen molar-refractivity contribution in [3.63, 3.8) is 0 Å². The maximum Gasteiger partial charge on any atom is 0.216 e. The van der Waals surface area contributed by atoms with Gasteiger partial charge < -0.3 is 9.15 Å². The van der Waals surface area contributed by atoms with Gasteiger partial charge >= 0.3 is 0 Å². The van der Waals surface area contributed by atoms with E-state index in [1.165, 1.54) is 0 Å². The van der Waals surface area contributed by atoms with Gasteiger partial charge in [-0.2, -0.15) is 0 Å². The Kier molecular flexibility index (Phi) is 2.31. The maximum absolute atomic E-state index is 7.40. The summed E-state index contributed by atoms with van der Waals surface area (Å²) in [6.45, 7) is 4.18. The van der Waals surface area contributed by atoms with Crippen LogP contribution >= 0.6 is 0 Å². The molecular weight excluding hydrogens is 142 g/mol. The molecule has 1 aromatic heterocycles. The van der Waals surface area contributed by atoms with E-state index in [2.05, 4.69) is 0 Å². The van der Waals surface area contributed by atoms with E-state index in [1.807, 2.05) is 13.8 Å². The van der Waals surface area contributed by atoms with Gasteiger partial charge in [-0.15, -0.1) is 0 Å². The van der Waals surface area contributed by atoms with Gasteiger partial charge in [0.2, 0.25) is 5.90 Å². The standard InChI is InChI=1S/C8H11NO2/c1-3-10-8(9)7-4-5-11-6(7)2/h4-5,9H,3H2,1-2H3. The molecule has 0 aliphatic heterocycles. The van der Waals surface area contributed by atoms with Gasteiger partial charge in [0.15, 0.2) is 0 Å². The van der Waals surface area contributed by atoms with E-state index >= 15 is 0 Å². The summed E-state index contributed by atoms with van der Waals surface area (Å²) < 4.78 is 10.0. The molecule has 0 radical (unpaired) electrons. The molecule has 60 valence electrons. The zero-order valence-corrected chi connectivity index (χ0v) is 6.68. The Bertz CT molecular complexity index is 252. The number of ether oxygens (including phenoxy) is 1. The number of hydrogen-bond acceptors (Lipinski definition) is 3. The van der Waals surface area contributed by atoms with Crippen LogP contribution < -0.4 is 0 Å². The predicted molar refractivity (Wildman–Crippen MR) is 41.9 cm³/mol. The normalized spacial score (nSPS) is 9.64. The number of furan rings is 1. The molecule has 11 heavy (non-hydrogen) atoms. The zero-order valence-electron chi connectivity index (χ0n) is 6.68. The molecule has 0 amide bonds. The summed E-state index contributed by atoms with van der Waals surface area (Å²) in [7, 11) is 0. The highest BCUT2D eigenvalue weighted by atomic mass is 16.5. The molecule has 0 aliphatic rings. The van der Waals surface area contributed by atoms with Gasteiger partial charge in [0.25, 0.3) is 0 Å². The Morgan fingerprint density at radius 3 is 2.91 bits per heavy atom. The molecule has 1 N–H and O–H groups in total. The molecule has 0 atom stereocenters. The van der Waals surface area contributed by atoms with Crippen molar-refractivity contribution in [3.05, 3.63) is 23.7 Å². The molecule has 0 fully saturated rings. The van der Waals surface area contributed by atoms with Gasteiger partial charge in [0.05, 0.1) is 18.4 Å². The van der Waals surface area contributed by atoms with Crippen LogP contribution in [0.1, 0.15) is 18.2 Å². The lowest BCUT2D eigenvalue weighted by molar-refractivity contribution is 0.325. The second kappa shape index (κ2) is 3.23. The van der Waals surface area contributed by atoms with Gasteiger partial charge in [0, 0.05) is 0 Å². The minimum atomic E-state index is 0.179. The third-order valence-corrected chi connectivity index (χ3v) is 1.39. The highest BCUT2D eigenvalue weighted by molar-refractivity contribution is 5.92. The molecule has 3 heteroatoms. The highest BCUT2D eigenvalue weighted by Crippen LogP contribution is 2.09. The van der Waals surface area contributed by atoms with Gasteiger partial charge in [-0.3, -0.25) is 5.41 Å². The SMILES string of the molecule is CCOC(=N)c1ccoc1C. The second-order valence-electron chi connectivity index (χ2n) is 2.15. The van der Waals surface area contributed by atoms with E-state index in [4.69, 9.17) is 14.6 Å². The highest BCUT2D eigenvalue weighted by Gasteiger charge is 2.07. The van der Waals surface area contributed by atoms with Crippen molar-refractivity contribution in [2.24, 2.45) is 0 Å². The quantitative estimate of drug-likeness (QED) is 0.521. The number of aryl methyl sites for hydroxylation is 1. The first-order valence-electron chi connectivity index (χ1n) is 3.51. The molecule has 1 heterocycles.